The molecule has 0 aromatic heterocycles. The number of nitrogens with one attached hydrogen (secondary N) is 2. The molecule has 0 spiro atoms. The molecule has 0 bridgehead atoms. The van der Waals surface area contributed by atoms with Crippen LogP contribution in [0.3, 0.4) is 0 Å². The fraction of sp³-hybridized carbons (Fsp3) is 0.300. The van der Waals surface area contributed by atoms with Gasteiger partial charge in [-0.3, -0.25) is 4.79 Å². The fourth-order valence-corrected chi connectivity index (χ4v) is 1.73. The van der Waals surface area contributed by atoms with E-state index in [1.807, 2.05) is 0 Å². The molecule has 7 nitrogen and oxygen atoms in total. The van der Waals surface area contributed by atoms with E-state index in [-0.39, 0.29) is 24.0 Å². The van der Waals surface area contributed by atoms with Gasteiger partial charge in [0.2, 0.25) is 15.9 Å². The van der Waals surface area contributed by atoms with Gasteiger partial charge in [-0.1, -0.05) is 0 Å². The van der Waals surface area contributed by atoms with Gasteiger partial charge in [0, 0.05) is 12.2 Å². The van der Waals surface area contributed by atoms with Crippen molar-refractivity contribution in [3.8, 4) is 0 Å². The minimum absolute atomic E-state index is 0.0149. The summed E-state index contributed by atoms with van der Waals surface area (Å²) >= 11 is 0. The van der Waals surface area contributed by atoms with E-state index in [4.69, 9.17) is 10.2 Å². The molecule has 0 aliphatic heterocycles. The number of aliphatic hydroxyl groups is 1. The Bertz CT molecular complexity index is 498. The van der Waals surface area contributed by atoms with Gasteiger partial charge in [0.1, 0.15) is 0 Å². The van der Waals surface area contributed by atoms with Crippen LogP contribution >= 0.6 is 0 Å². The molecule has 0 unspecified atom stereocenters. The van der Waals surface area contributed by atoms with Crippen LogP contribution in [0, 0.1) is 0 Å². The normalized spacial score (nSPS) is 11.2. The van der Waals surface area contributed by atoms with Crippen LogP contribution in [0.2, 0.25) is 0 Å². The molecule has 1 rings (SSSR count). The summed E-state index contributed by atoms with van der Waals surface area (Å²) in [4.78, 5) is 11.4. The summed E-state index contributed by atoms with van der Waals surface area (Å²) in [6.45, 7) is 0.353. The largest absolute Gasteiger partial charge is 0.395 e. The molecule has 0 aliphatic rings. The van der Waals surface area contributed by atoms with Crippen LogP contribution in [-0.2, 0) is 14.8 Å². The SMILES string of the molecule is NS(=O)(=O)c1ccc(NC(=O)CNCCO)cc1. The Balaban J connectivity index is 2.56. The van der Waals surface area contributed by atoms with Crippen molar-refractivity contribution in [2.45, 2.75) is 4.90 Å². The smallest absolute Gasteiger partial charge is 0.238 e. The standard InChI is InChI=1S/C10H15N3O4S/c11-18(16,17)9-3-1-8(2-4-9)13-10(15)7-12-5-6-14/h1-4,12,14H,5-7H2,(H,13,15)(H2,11,16,17). The number of hydrogen-bond donors (Lipinski definition) is 4. The van der Waals surface area contributed by atoms with Crippen LogP contribution in [0.5, 0.6) is 0 Å². The maximum Gasteiger partial charge on any atom is 0.238 e. The third kappa shape index (κ3) is 4.80. The molecule has 0 saturated heterocycles. The molecule has 0 fully saturated rings. The number of rotatable bonds is 6. The zero-order chi connectivity index (χ0) is 13.6. The van der Waals surface area contributed by atoms with Crippen molar-refractivity contribution in [1.82, 2.24) is 5.32 Å². The number of amides is 1. The van der Waals surface area contributed by atoms with E-state index >= 15 is 0 Å². The lowest BCUT2D eigenvalue weighted by Crippen LogP contribution is -2.29. The van der Waals surface area contributed by atoms with E-state index in [0.717, 1.165) is 0 Å². The second kappa shape index (κ2) is 6.45. The molecule has 100 valence electrons. The average molecular weight is 273 g/mol. The highest BCUT2D eigenvalue weighted by Gasteiger charge is 2.07. The predicted molar refractivity (Wildman–Crippen MR) is 66.4 cm³/mol. The van der Waals surface area contributed by atoms with Crippen LogP contribution in [0.1, 0.15) is 0 Å². The topological polar surface area (TPSA) is 122 Å². The lowest BCUT2D eigenvalue weighted by Gasteiger charge is -2.06. The number of nitrogens with two attached hydrogens (primary N) is 1. The number of carbonyl (C=O) groups is 1. The Labute approximate surface area is 105 Å². The molecule has 0 heterocycles. The minimum Gasteiger partial charge on any atom is -0.395 e. The lowest BCUT2D eigenvalue weighted by atomic mass is 10.3. The van der Waals surface area contributed by atoms with E-state index in [9.17, 15) is 13.2 Å². The highest BCUT2D eigenvalue weighted by molar-refractivity contribution is 7.89. The van der Waals surface area contributed by atoms with Gasteiger partial charge in [0.25, 0.3) is 0 Å². The van der Waals surface area contributed by atoms with Crippen LogP contribution in [0.25, 0.3) is 0 Å². The number of hydrogen-bond acceptors (Lipinski definition) is 5. The summed E-state index contributed by atoms with van der Waals surface area (Å²) < 4.78 is 22.0. The van der Waals surface area contributed by atoms with Gasteiger partial charge >= 0.3 is 0 Å². The molecule has 0 saturated carbocycles. The quantitative estimate of drug-likeness (QED) is 0.488. The maximum absolute atomic E-state index is 11.4. The van der Waals surface area contributed by atoms with E-state index in [2.05, 4.69) is 10.6 Å². The Hall–Kier alpha value is -1.48. The first-order chi connectivity index (χ1) is 8.43. The summed E-state index contributed by atoms with van der Waals surface area (Å²) in [6, 6.07) is 5.52. The third-order valence-electron chi connectivity index (χ3n) is 2.04. The summed E-state index contributed by atoms with van der Waals surface area (Å²) in [7, 11) is -3.72. The van der Waals surface area contributed by atoms with Gasteiger partial charge in [-0.05, 0) is 24.3 Å². The summed E-state index contributed by atoms with van der Waals surface area (Å²) in [5.74, 6) is -0.285. The van der Waals surface area contributed by atoms with Gasteiger partial charge < -0.3 is 15.7 Å². The number of primary sulfonamides is 1. The first kappa shape index (κ1) is 14.6. The molecule has 1 aromatic rings. The second-order valence-corrected chi connectivity index (χ2v) is 5.08. The fourth-order valence-electron chi connectivity index (χ4n) is 1.21. The lowest BCUT2D eigenvalue weighted by molar-refractivity contribution is -0.115. The highest BCUT2D eigenvalue weighted by Crippen LogP contribution is 2.12. The first-order valence-corrected chi connectivity index (χ1v) is 6.72. The zero-order valence-electron chi connectivity index (χ0n) is 9.59. The number of carbonyl (C=O) groups excluding carboxylic acids is 1. The van der Waals surface area contributed by atoms with E-state index < -0.39 is 10.0 Å². The van der Waals surface area contributed by atoms with Crippen molar-refractivity contribution >= 4 is 21.6 Å². The van der Waals surface area contributed by atoms with Crippen molar-refractivity contribution in [2.75, 3.05) is 25.0 Å². The Morgan fingerprint density at radius 1 is 1.28 bits per heavy atom. The van der Waals surface area contributed by atoms with E-state index in [1.54, 1.807) is 0 Å². The van der Waals surface area contributed by atoms with E-state index in [0.29, 0.717) is 12.2 Å². The van der Waals surface area contributed by atoms with Crippen LogP contribution in [-0.4, -0.2) is 39.1 Å². The van der Waals surface area contributed by atoms with Crippen LogP contribution in [0.4, 0.5) is 5.69 Å². The van der Waals surface area contributed by atoms with Gasteiger partial charge in [0.15, 0.2) is 0 Å². The van der Waals surface area contributed by atoms with Crippen molar-refractivity contribution < 1.29 is 18.3 Å². The number of aliphatic hydroxyl groups excluding tert-OH is 1. The van der Waals surface area contributed by atoms with Crippen molar-refractivity contribution in [3.63, 3.8) is 0 Å². The summed E-state index contributed by atoms with van der Waals surface area (Å²) in [5.41, 5.74) is 0.471. The van der Waals surface area contributed by atoms with E-state index in [1.165, 1.54) is 24.3 Å². The Kier molecular flexibility index (Phi) is 5.23. The Morgan fingerprint density at radius 2 is 1.89 bits per heavy atom. The monoisotopic (exact) mass is 273 g/mol. The molecular formula is C10H15N3O4S. The first-order valence-electron chi connectivity index (χ1n) is 5.18. The van der Waals surface area contributed by atoms with Gasteiger partial charge in [0.05, 0.1) is 18.0 Å². The molecule has 0 aliphatic carbocycles. The molecule has 0 radical (unpaired) electrons. The molecule has 18 heavy (non-hydrogen) atoms. The van der Waals surface area contributed by atoms with Crippen molar-refractivity contribution in [1.29, 1.82) is 0 Å². The van der Waals surface area contributed by atoms with Gasteiger partial charge in [-0.2, -0.15) is 0 Å². The third-order valence-corrected chi connectivity index (χ3v) is 2.97. The minimum atomic E-state index is -3.72. The molecule has 1 amide bonds. The second-order valence-electron chi connectivity index (χ2n) is 3.52. The average Bonchev–Trinajstić information content (AvgIpc) is 2.29. The number of sulfonamides is 1. The molecule has 0 atom stereocenters. The Morgan fingerprint density at radius 3 is 2.39 bits per heavy atom. The van der Waals surface area contributed by atoms with Crippen molar-refractivity contribution in [2.24, 2.45) is 5.14 Å². The summed E-state index contributed by atoms with van der Waals surface area (Å²) in [5, 5.41) is 18.7. The molecule has 5 N–H and O–H groups in total. The number of anilines is 1. The van der Waals surface area contributed by atoms with Crippen LogP contribution < -0.4 is 15.8 Å². The number of benzene rings is 1. The molecule has 1 aromatic carbocycles. The zero-order valence-corrected chi connectivity index (χ0v) is 10.4. The predicted octanol–water partition coefficient (Wildman–Crippen LogP) is -1.15. The maximum atomic E-state index is 11.4. The van der Waals surface area contributed by atoms with Gasteiger partial charge in [-0.15, -0.1) is 0 Å². The van der Waals surface area contributed by atoms with Crippen molar-refractivity contribution in [3.05, 3.63) is 24.3 Å². The molecular weight excluding hydrogens is 258 g/mol. The van der Waals surface area contributed by atoms with Gasteiger partial charge in [-0.25, -0.2) is 13.6 Å². The molecule has 8 heteroatoms. The van der Waals surface area contributed by atoms with Crippen LogP contribution in [0.15, 0.2) is 29.2 Å². The summed E-state index contributed by atoms with van der Waals surface area (Å²) in [6.07, 6.45) is 0. The highest BCUT2D eigenvalue weighted by atomic mass is 32.2.